The van der Waals surface area contributed by atoms with E-state index in [0.29, 0.717) is 6.04 Å². The molecule has 0 spiro atoms. The molecule has 15 heavy (non-hydrogen) atoms. The summed E-state index contributed by atoms with van der Waals surface area (Å²) in [6, 6.07) is 6.78. The van der Waals surface area contributed by atoms with Gasteiger partial charge >= 0.3 is 0 Å². The van der Waals surface area contributed by atoms with E-state index in [9.17, 15) is 0 Å². The lowest BCUT2D eigenvalue weighted by Crippen LogP contribution is -2.30. The van der Waals surface area contributed by atoms with Crippen molar-refractivity contribution in [1.82, 2.24) is 5.32 Å². The first-order valence-corrected chi connectivity index (χ1v) is 6.09. The van der Waals surface area contributed by atoms with Gasteiger partial charge < -0.3 is 5.32 Å². The Balaban J connectivity index is 3.19. The van der Waals surface area contributed by atoms with E-state index in [2.05, 4.69) is 67.1 Å². The van der Waals surface area contributed by atoms with E-state index in [4.69, 9.17) is 0 Å². The largest absolute Gasteiger partial charge is 0.313 e. The van der Waals surface area contributed by atoms with Crippen LogP contribution in [0, 0.1) is 12.3 Å². The van der Waals surface area contributed by atoms with Gasteiger partial charge in [-0.2, -0.15) is 0 Å². The molecule has 0 saturated carbocycles. The fourth-order valence-corrected chi connectivity index (χ4v) is 2.37. The first-order chi connectivity index (χ1) is 6.88. The van der Waals surface area contributed by atoms with Crippen molar-refractivity contribution in [3.63, 3.8) is 0 Å². The lowest BCUT2D eigenvalue weighted by molar-refractivity contribution is 0.286. The maximum Gasteiger partial charge on any atom is 0.0369 e. The molecule has 1 unspecified atom stereocenters. The number of nitrogens with one attached hydrogen (secondary N) is 1. The molecule has 1 N–H and O–H groups in total. The van der Waals surface area contributed by atoms with Crippen molar-refractivity contribution < 1.29 is 0 Å². The number of hydrogen-bond acceptors (Lipinski definition) is 1. The summed E-state index contributed by atoms with van der Waals surface area (Å²) >= 11 is 3.58. The van der Waals surface area contributed by atoms with Crippen molar-refractivity contribution in [1.29, 1.82) is 0 Å². The maximum atomic E-state index is 3.58. The van der Waals surface area contributed by atoms with Gasteiger partial charge in [-0.1, -0.05) is 48.8 Å². The number of halogens is 1. The first-order valence-electron chi connectivity index (χ1n) is 5.30. The molecular formula is C13H20BrN. The summed E-state index contributed by atoms with van der Waals surface area (Å²) in [7, 11) is 2.02. The molecule has 0 radical (unpaired) electrons. The SMILES string of the molecule is CNC(c1cccc(Br)c1C)C(C)(C)C. The Morgan fingerprint density at radius 1 is 1.27 bits per heavy atom. The van der Waals surface area contributed by atoms with Gasteiger partial charge in [-0.25, -0.2) is 0 Å². The fraction of sp³-hybridized carbons (Fsp3) is 0.538. The minimum Gasteiger partial charge on any atom is -0.313 e. The molecule has 0 saturated heterocycles. The lowest BCUT2D eigenvalue weighted by Gasteiger charge is -2.32. The summed E-state index contributed by atoms with van der Waals surface area (Å²) in [5.41, 5.74) is 2.92. The van der Waals surface area contributed by atoms with Gasteiger partial charge in [-0.15, -0.1) is 0 Å². The third-order valence-electron chi connectivity index (χ3n) is 2.78. The van der Waals surface area contributed by atoms with Gasteiger partial charge in [0, 0.05) is 10.5 Å². The average molecular weight is 270 g/mol. The summed E-state index contributed by atoms with van der Waals surface area (Å²) in [5, 5.41) is 3.41. The fourth-order valence-electron chi connectivity index (χ4n) is 1.99. The predicted octanol–water partition coefficient (Wildman–Crippen LogP) is 4.06. The van der Waals surface area contributed by atoms with Gasteiger partial charge in [-0.05, 0) is 36.6 Å². The van der Waals surface area contributed by atoms with Crippen LogP contribution in [0.4, 0.5) is 0 Å². The average Bonchev–Trinajstić information content (AvgIpc) is 2.11. The highest BCUT2D eigenvalue weighted by Gasteiger charge is 2.26. The molecule has 0 fully saturated rings. The summed E-state index contributed by atoms with van der Waals surface area (Å²) in [6.07, 6.45) is 0. The highest BCUT2D eigenvalue weighted by atomic mass is 79.9. The van der Waals surface area contributed by atoms with Gasteiger partial charge in [0.1, 0.15) is 0 Å². The van der Waals surface area contributed by atoms with Crippen molar-refractivity contribution in [3.05, 3.63) is 33.8 Å². The van der Waals surface area contributed by atoms with Crippen LogP contribution >= 0.6 is 15.9 Å². The van der Waals surface area contributed by atoms with Crippen molar-refractivity contribution in [3.8, 4) is 0 Å². The van der Waals surface area contributed by atoms with Crippen molar-refractivity contribution in [2.75, 3.05) is 7.05 Å². The highest BCUT2D eigenvalue weighted by Crippen LogP contribution is 2.35. The lowest BCUT2D eigenvalue weighted by atomic mass is 9.81. The normalized spacial score (nSPS) is 14.0. The van der Waals surface area contributed by atoms with Gasteiger partial charge in [-0.3, -0.25) is 0 Å². The van der Waals surface area contributed by atoms with E-state index >= 15 is 0 Å². The molecule has 0 aromatic heterocycles. The van der Waals surface area contributed by atoms with E-state index in [1.54, 1.807) is 0 Å². The smallest absolute Gasteiger partial charge is 0.0369 e. The summed E-state index contributed by atoms with van der Waals surface area (Å²) in [4.78, 5) is 0. The molecule has 0 heterocycles. The zero-order valence-corrected chi connectivity index (χ0v) is 11.8. The minimum absolute atomic E-state index is 0.223. The molecule has 0 amide bonds. The maximum absolute atomic E-state index is 3.58. The Morgan fingerprint density at radius 2 is 1.87 bits per heavy atom. The number of rotatable bonds is 2. The van der Waals surface area contributed by atoms with Crippen molar-refractivity contribution >= 4 is 15.9 Å². The van der Waals surface area contributed by atoms with E-state index in [1.165, 1.54) is 15.6 Å². The van der Waals surface area contributed by atoms with E-state index in [1.807, 2.05) is 7.05 Å². The molecule has 0 aliphatic rings. The van der Waals surface area contributed by atoms with Gasteiger partial charge in [0.25, 0.3) is 0 Å². The third-order valence-corrected chi connectivity index (χ3v) is 3.63. The quantitative estimate of drug-likeness (QED) is 0.854. The molecule has 84 valence electrons. The topological polar surface area (TPSA) is 12.0 Å². The predicted molar refractivity (Wildman–Crippen MR) is 70.1 cm³/mol. The van der Waals surface area contributed by atoms with Gasteiger partial charge in [0.15, 0.2) is 0 Å². The van der Waals surface area contributed by atoms with Gasteiger partial charge in [0.2, 0.25) is 0 Å². The molecule has 1 aromatic rings. The standard InChI is InChI=1S/C13H20BrN/c1-9-10(7-6-8-11(9)14)12(15-5)13(2,3)4/h6-8,12,15H,1-5H3. The Bertz CT molecular complexity index is 339. The van der Waals surface area contributed by atoms with Crippen LogP contribution in [-0.2, 0) is 0 Å². The Morgan fingerprint density at radius 3 is 2.33 bits per heavy atom. The van der Waals surface area contributed by atoms with E-state index in [-0.39, 0.29) is 5.41 Å². The van der Waals surface area contributed by atoms with Crippen LogP contribution in [0.1, 0.15) is 37.9 Å². The zero-order valence-electron chi connectivity index (χ0n) is 10.2. The number of hydrogen-bond donors (Lipinski definition) is 1. The molecule has 1 aromatic carbocycles. The van der Waals surface area contributed by atoms with Crippen LogP contribution in [0.2, 0.25) is 0 Å². The summed E-state index contributed by atoms with van der Waals surface area (Å²) in [5.74, 6) is 0. The van der Waals surface area contributed by atoms with Crippen molar-refractivity contribution in [2.45, 2.75) is 33.7 Å². The third kappa shape index (κ3) is 2.82. The Labute approximate surface area is 101 Å². The molecule has 1 rings (SSSR count). The molecule has 1 atom stereocenters. The molecule has 2 heteroatoms. The second kappa shape index (κ2) is 4.67. The van der Waals surface area contributed by atoms with Crippen LogP contribution in [-0.4, -0.2) is 7.05 Å². The minimum atomic E-state index is 0.223. The molecule has 0 bridgehead atoms. The van der Waals surface area contributed by atoms with Crippen LogP contribution in [0.3, 0.4) is 0 Å². The first kappa shape index (κ1) is 12.7. The van der Waals surface area contributed by atoms with Gasteiger partial charge in [0.05, 0.1) is 0 Å². The summed E-state index contributed by atoms with van der Waals surface area (Å²) < 4.78 is 1.18. The van der Waals surface area contributed by atoms with E-state index < -0.39 is 0 Å². The summed E-state index contributed by atoms with van der Waals surface area (Å²) in [6.45, 7) is 8.94. The molecule has 0 aliphatic heterocycles. The van der Waals surface area contributed by atoms with Crippen LogP contribution < -0.4 is 5.32 Å². The second-order valence-electron chi connectivity index (χ2n) is 5.04. The van der Waals surface area contributed by atoms with E-state index in [0.717, 1.165) is 0 Å². The zero-order chi connectivity index (χ0) is 11.6. The molecular weight excluding hydrogens is 250 g/mol. The van der Waals surface area contributed by atoms with Crippen LogP contribution in [0.15, 0.2) is 22.7 Å². The van der Waals surface area contributed by atoms with Crippen molar-refractivity contribution in [2.24, 2.45) is 5.41 Å². The molecule has 1 nitrogen and oxygen atoms in total. The Kier molecular flexibility index (Phi) is 3.96. The second-order valence-corrected chi connectivity index (χ2v) is 5.90. The highest BCUT2D eigenvalue weighted by molar-refractivity contribution is 9.10. The number of benzene rings is 1. The Hall–Kier alpha value is -0.340. The van der Waals surface area contributed by atoms with Crippen LogP contribution in [0.25, 0.3) is 0 Å². The van der Waals surface area contributed by atoms with Crippen LogP contribution in [0.5, 0.6) is 0 Å². The molecule has 0 aliphatic carbocycles. The monoisotopic (exact) mass is 269 g/mol.